The van der Waals surface area contributed by atoms with Gasteiger partial charge in [-0.3, -0.25) is 4.99 Å². The molecule has 0 saturated carbocycles. The highest BCUT2D eigenvalue weighted by molar-refractivity contribution is 7.88. The van der Waals surface area contributed by atoms with Crippen molar-refractivity contribution in [3.05, 3.63) is 29.8 Å². The molecule has 7 nitrogen and oxygen atoms in total. The first-order valence-corrected chi connectivity index (χ1v) is 11.8. The van der Waals surface area contributed by atoms with E-state index < -0.39 is 10.0 Å². The number of hydrogen-bond acceptors (Lipinski definition) is 4. The fourth-order valence-corrected chi connectivity index (χ4v) is 3.77. The Balaban J connectivity index is 2.45. The smallest absolute Gasteiger partial charge is 0.211 e. The van der Waals surface area contributed by atoms with Crippen molar-refractivity contribution < 1.29 is 13.2 Å². The van der Waals surface area contributed by atoms with Crippen LogP contribution in [0.15, 0.2) is 29.3 Å². The summed E-state index contributed by atoms with van der Waals surface area (Å²) >= 11 is 0. The Morgan fingerprint density at radius 1 is 1.21 bits per heavy atom. The summed E-state index contributed by atoms with van der Waals surface area (Å²) < 4.78 is 29.9. The van der Waals surface area contributed by atoms with Crippen molar-refractivity contribution in [1.82, 2.24) is 14.9 Å². The van der Waals surface area contributed by atoms with Gasteiger partial charge in [-0.2, -0.15) is 0 Å². The molecule has 160 valence electrons. The number of guanidine groups is 1. The molecule has 8 heteroatoms. The van der Waals surface area contributed by atoms with Gasteiger partial charge in [0, 0.05) is 32.7 Å². The second-order valence-corrected chi connectivity index (χ2v) is 8.74. The third kappa shape index (κ3) is 8.93. The Hall–Kier alpha value is -1.80. The lowest BCUT2D eigenvalue weighted by atomic mass is 9.98. The number of ether oxygens (including phenoxy) is 1. The Labute approximate surface area is 170 Å². The van der Waals surface area contributed by atoms with Crippen LogP contribution < -0.4 is 15.4 Å². The summed E-state index contributed by atoms with van der Waals surface area (Å²) in [4.78, 5) is 4.55. The molecule has 1 rings (SSSR count). The SMILES string of the molecule is CCNC(=NCCCN(CC)S(C)(=O)=O)NCCC(C)c1ccc(OC)cc1. The highest BCUT2D eigenvalue weighted by atomic mass is 32.2. The summed E-state index contributed by atoms with van der Waals surface area (Å²) in [5.74, 6) is 2.06. The summed E-state index contributed by atoms with van der Waals surface area (Å²) in [7, 11) is -1.46. The van der Waals surface area contributed by atoms with Crippen molar-refractivity contribution in [2.45, 2.75) is 39.5 Å². The highest BCUT2D eigenvalue weighted by Crippen LogP contribution is 2.21. The van der Waals surface area contributed by atoms with Gasteiger partial charge in [0.25, 0.3) is 0 Å². The molecule has 0 heterocycles. The van der Waals surface area contributed by atoms with Crippen LogP contribution in [0.3, 0.4) is 0 Å². The van der Waals surface area contributed by atoms with E-state index in [1.54, 1.807) is 7.11 Å². The van der Waals surface area contributed by atoms with Crippen LogP contribution in [0.5, 0.6) is 5.75 Å². The Kier molecular flexibility index (Phi) is 10.9. The van der Waals surface area contributed by atoms with Crippen LogP contribution in [0.2, 0.25) is 0 Å². The van der Waals surface area contributed by atoms with Gasteiger partial charge in [-0.05, 0) is 43.4 Å². The monoisotopic (exact) mass is 412 g/mol. The molecule has 0 amide bonds. The molecule has 2 N–H and O–H groups in total. The van der Waals surface area contributed by atoms with Gasteiger partial charge in [0.05, 0.1) is 13.4 Å². The first-order chi connectivity index (χ1) is 13.3. The predicted molar refractivity (Wildman–Crippen MR) is 117 cm³/mol. The Bertz CT molecular complexity index is 690. The lowest BCUT2D eigenvalue weighted by Gasteiger charge is -2.17. The molecule has 0 saturated heterocycles. The quantitative estimate of drug-likeness (QED) is 0.313. The number of rotatable bonds is 12. The van der Waals surface area contributed by atoms with Crippen LogP contribution in [0.4, 0.5) is 0 Å². The number of sulfonamides is 1. The van der Waals surface area contributed by atoms with Crippen molar-refractivity contribution in [3.63, 3.8) is 0 Å². The molecule has 0 radical (unpaired) electrons. The van der Waals surface area contributed by atoms with Crippen molar-refractivity contribution in [2.24, 2.45) is 4.99 Å². The second-order valence-electron chi connectivity index (χ2n) is 6.76. The van der Waals surface area contributed by atoms with Gasteiger partial charge in [0.2, 0.25) is 10.0 Å². The van der Waals surface area contributed by atoms with E-state index >= 15 is 0 Å². The van der Waals surface area contributed by atoms with Gasteiger partial charge in [0.1, 0.15) is 5.75 Å². The standard InChI is InChI=1S/C20H36N4O3S/c1-6-21-20(22-14-8-16-24(7-2)28(5,25)26)23-15-13-17(3)18-9-11-19(27-4)12-10-18/h9-12,17H,6-8,13-16H2,1-5H3,(H2,21,22,23). The van der Waals surface area contributed by atoms with E-state index in [0.717, 1.165) is 31.2 Å². The number of benzene rings is 1. The highest BCUT2D eigenvalue weighted by Gasteiger charge is 2.13. The number of nitrogens with zero attached hydrogens (tertiary/aromatic N) is 2. The number of methoxy groups -OCH3 is 1. The minimum Gasteiger partial charge on any atom is -0.497 e. The minimum atomic E-state index is -3.13. The van der Waals surface area contributed by atoms with Crippen LogP contribution in [0, 0.1) is 0 Å². The lowest BCUT2D eigenvalue weighted by Crippen LogP contribution is -2.38. The van der Waals surface area contributed by atoms with E-state index in [-0.39, 0.29) is 0 Å². The van der Waals surface area contributed by atoms with Crippen LogP contribution in [0.1, 0.15) is 45.1 Å². The normalized spacial score (nSPS) is 13.4. The molecule has 0 spiro atoms. The van der Waals surface area contributed by atoms with E-state index in [1.165, 1.54) is 16.1 Å². The van der Waals surface area contributed by atoms with Crippen molar-refractivity contribution in [3.8, 4) is 5.75 Å². The average Bonchev–Trinajstić information content (AvgIpc) is 2.66. The van der Waals surface area contributed by atoms with Crippen molar-refractivity contribution in [2.75, 3.05) is 46.1 Å². The van der Waals surface area contributed by atoms with E-state index in [0.29, 0.717) is 32.0 Å². The Morgan fingerprint density at radius 3 is 2.43 bits per heavy atom. The molecule has 1 aromatic rings. The van der Waals surface area contributed by atoms with Crippen LogP contribution in [-0.4, -0.2) is 64.8 Å². The summed E-state index contributed by atoms with van der Waals surface area (Å²) in [6, 6.07) is 8.18. The Morgan fingerprint density at radius 2 is 1.89 bits per heavy atom. The molecular weight excluding hydrogens is 376 g/mol. The number of aliphatic imine (C=N–C) groups is 1. The maximum atomic E-state index is 11.6. The third-order valence-corrected chi connectivity index (χ3v) is 5.93. The summed E-state index contributed by atoms with van der Waals surface area (Å²) in [6.45, 7) is 9.23. The summed E-state index contributed by atoms with van der Waals surface area (Å²) in [6.07, 6.45) is 2.92. The first kappa shape index (κ1) is 24.2. The van der Waals surface area contributed by atoms with E-state index in [4.69, 9.17) is 4.74 Å². The third-order valence-electron chi connectivity index (χ3n) is 4.56. The van der Waals surface area contributed by atoms with Crippen LogP contribution >= 0.6 is 0 Å². The van der Waals surface area contributed by atoms with Gasteiger partial charge in [-0.1, -0.05) is 26.0 Å². The molecule has 0 aliphatic heterocycles. The molecule has 0 aliphatic rings. The molecule has 0 fully saturated rings. The van der Waals surface area contributed by atoms with Gasteiger partial charge in [-0.15, -0.1) is 0 Å². The molecule has 28 heavy (non-hydrogen) atoms. The zero-order valence-electron chi connectivity index (χ0n) is 17.9. The topological polar surface area (TPSA) is 83.0 Å². The molecular formula is C20H36N4O3S. The zero-order valence-corrected chi connectivity index (χ0v) is 18.7. The fourth-order valence-electron chi connectivity index (χ4n) is 2.84. The minimum absolute atomic E-state index is 0.425. The maximum Gasteiger partial charge on any atom is 0.211 e. The maximum absolute atomic E-state index is 11.6. The number of nitrogens with one attached hydrogen (secondary N) is 2. The summed E-state index contributed by atoms with van der Waals surface area (Å²) in [5.41, 5.74) is 1.28. The van der Waals surface area contributed by atoms with Crippen LogP contribution in [0.25, 0.3) is 0 Å². The predicted octanol–water partition coefficient (Wildman–Crippen LogP) is 2.42. The van der Waals surface area contributed by atoms with E-state index in [9.17, 15) is 8.42 Å². The van der Waals surface area contributed by atoms with E-state index in [2.05, 4.69) is 34.7 Å². The first-order valence-electron chi connectivity index (χ1n) is 9.93. The molecule has 0 bridgehead atoms. The van der Waals surface area contributed by atoms with E-state index in [1.807, 2.05) is 26.0 Å². The second kappa shape index (κ2) is 12.6. The molecule has 1 aromatic carbocycles. The summed E-state index contributed by atoms with van der Waals surface area (Å²) in [5, 5.41) is 6.59. The average molecular weight is 413 g/mol. The van der Waals surface area contributed by atoms with Crippen LogP contribution in [-0.2, 0) is 10.0 Å². The van der Waals surface area contributed by atoms with Crippen molar-refractivity contribution in [1.29, 1.82) is 0 Å². The lowest BCUT2D eigenvalue weighted by molar-refractivity contribution is 0.414. The molecule has 1 unspecified atom stereocenters. The van der Waals surface area contributed by atoms with Gasteiger partial charge in [0.15, 0.2) is 5.96 Å². The zero-order chi connectivity index (χ0) is 21.0. The van der Waals surface area contributed by atoms with Gasteiger partial charge in [-0.25, -0.2) is 12.7 Å². The largest absolute Gasteiger partial charge is 0.497 e. The molecule has 1 atom stereocenters. The van der Waals surface area contributed by atoms with Gasteiger partial charge >= 0.3 is 0 Å². The van der Waals surface area contributed by atoms with Gasteiger partial charge < -0.3 is 15.4 Å². The van der Waals surface area contributed by atoms with Crippen molar-refractivity contribution >= 4 is 16.0 Å². The molecule has 0 aliphatic carbocycles. The number of hydrogen-bond donors (Lipinski definition) is 2. The molecule has 0 aromatic heterocycles. The fraction of sp³-hybridized carbons (Fsp3) is 0.650.